The number of nitrogens with zero attached hydrogens (tertiary/aromatic N) is 3. The SMILES string of the molecule is Cn1nncc1[S+]([O-])CC(=O)O. The molecule has 1 N–H and O–H groups in total. The first-order chi connectivity index (χ1) is 5.61. The average Bonchev–Trinajstić information content (AvgIpc) is 2.33. The van der Waals surface area contributed by atoms with E-state index in [0.29, 0.717) is 5.03 Å². The fourth-order valence-corrected chi connectivity index (χ4v) is 1.54. The molecule has 0 saturated carbocycles. The highest BCUT2D eigenvalue weighted by atomic mass is 32.2. The van der Waals surface area contributed by atoms with Gasteiger partial charge in [-0.05, 0) is 0 Å². The number of carboxylic acids is 1. The predicted octanol–water partition coefficient (Wildman–Crippen LogP) is -0.993. The zero-order valence-electron chi connectivity index (χ0n) is 6.30. The summed E-state index contributed by atoms with van der Waals surface area (Å²) in [6.45, 7) is 0. The number of aromatic nitrogens is 3. The molecule has 7 heteroatoms. The van der Waals surface area contributed by atoms with E-state index in [0.717, 1.165) is 0 Å². The average molecular weight is 189 g/mol. The van der Waals surface area contributed by atoms with Crippen LogP contribution < -0.4 is 0 Å². The molecule has 0 aliphatic heterocycles. The van der Waals surface area contributed by atoms with Gasteiger partial charge in [-0.3, -0.25) is 0 Å². The maximum Gasteiger partial charge on any atom is 0.354 e. The molecule has 0 aliphatic carbocycles. The van der Waals surface area contributed by atoms with E-state index in [4.69, 9.17) is 5.11 Å². The molecular weight excluding hydrogens is 182 g/mol. The first-order valence-electron chi connectivity index (χ1n) is 3.06. The monoisotopic (exact) mass is 189 g/mol. The van der Waals surface area contributed by atoms with E-state index in [2.05, 4.69) is 10.3 Å². The van der Waals surface area contributed by atoms with Crippen LogP contribution in [0.15, 0.2) is 11.2 Å². The molecule has 0 bridgehead atoms. The molecule has 6 nitrogen and oxygen atoms in total. The Balaban J connectivity index is 2.71. The normalized spacial score (nSPS) is 12.8. The van der Waals surface area contributed by atoms with Crippen molar-refractivity contribution in [2.75, 3.05) is 5.75 Å². The van der Waals surface area contributed by atoms with E-state index in [-0.39, 0.29) is 0 Å². The smallest absolute Gasteiger partial charge is 0.354 e. The van der Waals surface area contributed by atoms with Gasteiger partial charge in [-0.1, -0.05) is 5.21 Å². The second-order valence-electron chi connectivity index (χ2n) is 2.08. The van der Waals surface area contributed by atoms with Gasteiger partial charge in [-0.25, -0.2) is 9.48 Å². The van der Waals surface area contributed by atoms with Gasteiger partial charge in [0.15, 0.2) is 0 Å². The fourth-order valence-electron chi connectivity index (χ4n) is 0.673. The first-order valence-corrected chi connectivity index (χ1v) is 4.38. The van der Waals surface area contributed by atoms with Crippen LogP contribution in [0, 0.1) is 0 Å². The molecule has 0 amide bonds. The summed E-state index contributed by atoms with van der Waals surface area (Å²) in [6.07, 6.45) is 1.29. The molecule has 1 atom stereocenters. The number of aliphatic carboxylic acids is 1. The third-order valence-electron chi connectivity index (χ3n) is 1.16. The first kappa shape index (κ1) is 9.01. The summed E-state index contributed by atoms with van der Waals surface area (Å²) in [5.41, 5.74) is 0. The second-order valence-corrected chi connectivity index (χ2v) is 3.48. The van der Waals surface area contributed by atoms with Crippen molar-refractivity contribution in [2.45, 2.75) is 5.03 Å². The standard InChI is InChI=1S/C5H7N3O3S/c1-8-4(2-6-7-8)12(11)3-5(9)10/h2H,3H2,1H3,(H,9,10). The minimum atomic E-state index is -1.56. The van der Waals surface area contributed by atoms with E-state index >= 15 is 0 Å². The molecule has 1 aromatic heterocycles. The summed E-state index contributed by atoms with van der Waals surface area (Å²) in [5, 5.41) is 15.7. The number of carbonyl (C=O) groups is 1. The number of hydrogen-bond acceptors (Lipinski definition) is 4. The Bertz CT molecular complexity index is 287. The summed E-state index contributed by atoms with van der Waals surface area (Å²) in [4.78, 5) is 10.2. The van der Waals surface area contributed by atoms with Crippen LogP contribution in [0.4, 0.5) is 0 Å². The Labute approximate surface area is 71.4 Å². The highest BCUT2D eigenvalue weighted by Gasteiger charge is 2.19. The van der Waals surface area contributed by atoms with Crippen molar-refractivity contribution in [3.8, 4) is 0 Å². The van der Waals surface area contributed by atoms with Gasteiger partial charge in [-0.15, -0.1) is 5.10 Å². The third-order valence-corrected chi connectivity index (χ3v) is 2.51. The predicted molar refractivity (Wildman–Crippen MR) is 39.9 cm³/mol. The van der Waals surface area contributed by atoms with Gasteiger partial charge >= 0.3 is 5.97 Å². The lowest BCUT2D eigenvalue weighted by Crippen LogP contribution is -2.18. The number of aryl methyl sites for hydroxylation is 1. The number of hydrogen-bond donors (Lipinski definition) is 1. The molecule has 0 saturated heterocycles. The van der Waals surface area contributed by atoms with E-state index in [1.54, 1.807) is 7.05 Å². The highest BCUT2D eigenvalue weighted by Crippen LogP contribution is 2.06. The quantitative estimate of drug-likeness (QED) is 0.616. The van der Waals surface area contributed by atoms with Gasteiger partial charge in [0.05, 0.1) is 0 Å². The Morgan fingerprint density at radius 2 is 2.58 bits per heavy atom. The van der Waals surface area contributed by atoms with Crippen LogP contribution in [0.1, 0.15) is 0 Å². The highest BCUT2D eigenvalue weighted by molar-refractivity contribution is 7.92. The van der Waals surface area contributed by atoms with Crippen molar-refractivity contribution in [1.29, 1.82) is 0 Å². The van der Waals surface area contributed by atoms with Crippen molar-refractivity contribution in [3.05, 3.63) is 6.20 Å². The van der Waals surface area contributed by atoms with Gasteiger partial charge in [0.25, 0.3) is 5.03 Å². The molecule has 0 aliphatic rings. The van der Waals surface area contributed by atoms with Crippen molar-refractivity contribution >= 4 is 17.1 Å². The van der Waals surface area contributed by atoms with E-state index in [1.807, 2.05) is 0 Å². The largest absolute Gasteiger partial charge is 0.610 e. The van der Waals surface area contributed by atoms with Crippen LogP contribution in [0.3, 0.4) is 0 Å². The molecule has 1 unspecified atom stereocenters. The van der Waals surface area contributed by atoms with Crippen molar-refractivity contribution in [1.82, 2.24) is 15.0 Å². The zero-order chi connectivity index (χ0) is 9.14. The zero-order valence-corrected chi connectivity index (χ0v) is 7.11. The van der Waals surface area contributed by atoms with Crippen LogP contribution in [0.2, 0.25) is 0 Å². The fraction of sp³-hybridized carbons (Fsp3) is 0.400. The molecule has 0 radical (unpaired) electrons. The van der Waals surface area contributed by atoms with Gasteiger partial charge in [0.1, 0.15) is 6.20 Å². The summed E-state index contributed by atoms with van der Waals surface area (Å²) < 4.78 is 12.5. The molecule has 0 aromatic carbocycles. The minimum Gasteiger partial charge on any atom is -0.610 e. The molecule has 1 heterocycles. The number of carboxylic acid groups (broad SMARTS) is 1. The van der Waals surface area contributed by atoms with Crippen LogP contribution >= 0.6 is 0 Å². The lowest BCUT2D eigenvalue weighted by Gasteiger charge is -2.05. The van der Waals surface area contributed by atoms with Crippen molar-refractivity contribution < 1.29 is 14.5 Å². The van der Waals surface area contributed by atoms with Gasteiger partial charge in [0.2, 0.25) is 5.75 Å². The van der Waals surface area contributed by atoms with Crippen LogP contribution in [-0.2, 0) is 23.0 Å². The Kier molecular flexibility index (Phi) is 2.66. The summed E-state index contributed by atoms with van der Waals surface area (Å²) in [6, 6.07) is 0. The lowest BCUT2D eigenvalue weighted by molar-refractivity contribution is -0.134. The Morgan fingerprint density at radius 1 is 1.92 bits per heavy atom. The molecule has 1 rings (SSSR count). The summed E-state index contributed by atoms with van der Waals surface area (Å²) in [5.74, 6) is -1.52. The van der Waals surface area contributed by atoms with Crippen LogP contribution in [-0.4, -0.2) is 36.4 Å². The molecular formula is C5H7N3O3S. The molecule has 66 valence electrons. The molecule has 1 aromatic rings. The molecule has 12 heavy (non-hydrogen) atoms. The molecule has 0 fully saturated rings. The van der Waals surface area contributed by atoms with E-state index in [9.17, 15) is 9.35 Å². The topological polar surface area (TPSA) is 91.1 Å². The summed E-state index contributed by atoms with van der Waals surface area (Å²) >= 11 is -1.56. The van der Waals surface area contributed by atoms with Gasteiger partial charge in [-0.2, -0.15) is 0 Å². The van der Waals surface area contributed by atoms with E-state index in [1.165, 1.54) is 10.9 Å². The maximum absolute atomic E-state index is 11.2. The lowest BCUT2D eigenvalue weighted by atomic mass is 10.8. The van der Waals surface area contributed by atoms with Crippen molar-refractivity contribution in [2.24, 2.45) is 7.05 Å². The van der Waals surface area contributed by atoms with Crippen LogP contribution in [0.5, 0.6) is 0 Å². The van der Waals surface area contributed by atoms with Gasteiger partial charge in [0, 0.05) is 18.2 Å². The Hall–Kier alpha value is -1.08. The summed E-state index contributed by atoms with van der Waals surface area (Å²) in [7, 11) is 1.56. The Morgan fingerprint density at radius 3 is 3.00 bits per heavy atom. The minimum absolute atomic E-state index is 0.317. The second kappa shape index (κ2) is 3.55. The van der Waals surface area contributed by atoms with Crippen LogP contribution in [0.25, 0.3) is 0 Å². The maximum atomic E-state index is 11.2. The number of rotatable bonds is 3. The van der Waals surface area contributed by atoms with Gasteiger partial charge < -0.3 is 9.66 Å². The van der Waals surface area contributed by atoms with E-state index < -0.39 is 22.9 Å². The van der Waals surface area contributed by atoms with Crippen molar-refractivity contribution in [3.63, 3.8) is 0 Å². The molecule has 0 spiro atoms. The third kappa shape index (κ3) is 1.95.